The molecule has 0 spiro atoms. The van der Waals surface area contributed by atoms with E-state index in [0.717, 1.165) is 11.2 Å². The van der Waals surface area contributed by atoms with Gasteiger partial charge in [0.2, 0.25) is 0 Å². The van der Waals surface area contributed by atoms with E-state index in [-0.39, 0.29) is 5.56 Å². The largest absolute Gasteiger partial charge is 0.387 e. The van der Waals surface area contributed by atoms with Gasteiger partial charge in [-0.3, -0.25) is 4.79 Å². The van der Waals surface area contributed by atoms with Gasteiger partial charge < -0.3 is 14.7 Å². The van der Waals surface area contributed by atoms with E-state index >= 15 is 0 Å². The highest BCUT2D eigenvalue weighted by atomic mass is 32.1. The first kappa shape index (κ1) is 12.1. The van der Waals surface area contributed by atoms with Gasteiger partial charge in [-0.1, -0.05) is 0 Å². The third-order valence-corrected chi connectivity index (χ3v) is 3.88. The lowest BCUT2D eigenvalue weighted by Crippen LogP contribution is -2.14. The molecule has 0 aliphatic rings. The fourth-order valence-corrected chi connectivity index (χ4v) is 2.83. The first-order valence-electron chi connectivity index (χ1n) is 5.94. The van der Waals surface area contributed by atoms with Gasteiger partial charge in [-0.05, 0) is 30.5 Å². The summed E-state index contributed by atoms with van der Waals surface area (Å²) in [6, 6.07) is 5.55. The van der Waals surface area contributed by atoms with Gasteiger partial charge in [-0.15, -0.1) is 11.3 Å². The number of aliphatic hydroxyl groups excluding tert-OH is 1. The van der Waals surface area contributed by atoms with E-state index in [9.17, 15) is 9.90 Å². The van der Waals surface area contributed by atoms with E-state index in [1.165, 1.54) is 11.3 Å². The zero-order valence-corrected chi connectivity index (χ0v) is 11.1. The van der Waals surface area contributed by atoms with Crippen LogP contribution in [0.3, 0.4) is 0 Å². The van der Waals surface area contributed by atoms with Gasteiger partial charge in [0.05, 0.1) is 18.2 Å². The van der Waals surface area contributed by atoms with Crippen LogP contribution < -0.4 is 5.56 Å². The van der Waals surface area contributed by atoms with Gasteiger partial charge in [0.25, 0.3) is 5.56 Å². The Balaban J connectivity index is 2.01. The fraction of sp³-hybridized carbons (Fsp3) is 0.231. The van der Waals surface area contributed by atoms with Crippen molar-refractivity contribution in [2.45, 2.75) is 19.6 Å². The van der Waals surface area contributed by atoms with Crippen LogP contribution in [-0.2, 0) is 6.54 Å². The van der Waals surface area contributed by atoms with E-state index < -0.39 is 6.10 Å². The Labute approximate surface area is 113 Å². The van der Waals surface area contributed by atoms with Crippen LogP contribution in [-0.4, -0.2) is 19.6 Å². The van der Waals surface area contributed by atoms with Crippen LogP contribution >= 0.6 is 11.3 Å². The number of aliphatic hydroxyl groups is 1. The van der Waals surface area contributed by atoms with Crippen molar-refractivity contribution in [1.29, 1.82) is 0 Å². The van der Waals surface area contributed by atoms with Crippen molar-refractivity contribution in [3.05, 3.63) is 51.6 Å². The van der Waals surface area contributed by atoms with Gasteiger partial charge in [-0.25, -0.2) is 4.98 Å². The molecule has 0 radical (unpaired) electrons. The standard InChI is InChI=1S/C13H13N3O2S/c1-8(17)10-3-2-5-16(10)7-11-14-9-4-6-19-12(9)13(18)15-11/h2-6,8,17H,7H2,1H3,(H,14,15,18). The molecule has 0 amide bonds. The molecule has 0 aliphatic heterocycles. The summed E-state index contributed by atoms with van der Waals surface area (Å²) in [6.07, 6.45) is 1.31. The molecule has 0 saturated carbocycles. The molecule has 98 valence electrons. The summed E-state index contributed by atoms with van der Waals surface area (Å²) in [4.78, 5) is 19.1. The van der Waals surface area contributed by atoms with E-state index in [1.807, 2.05) is 34.3 Å². The van der Waals surface area contributed by atoms with E-state index in [0.29, 0.717) is 17.1 Å². The number of nitrogens with zero attached hydrogens (tertiary/aromatic N) is 2. The number of rotatable bonds is 3. The Bertz CT molecular complexity index is 769. The molecule has 19 heavy (non-hydrogen) atoms. The van der Waals surface area contributed by atoms with Crippen LogP contribution in [0.1, 0.15) is 24.5 Å². The lowest BCUT2D eigenvalue weighted by Gasteiger charge is -2.10. The maximum Gasteiger partial charge on any atom is 0.268 e. The highest BCUT2D eigenvalue weighted by molar-refractivity contribution is 7.17. The minimum absolute atomic E-state index is 0.110. The summed E-state index contributed by atoms with van der Waals surface area (Å²) in [7, 11) is 0. The molecule has 1 atom stereocenters. The Morgan fingerprint density at radius 3 is 3.16 bits per heavy atom. The lowest BCUT2D eigenvalue weighted by atomic mass is 10.3. The lowest BCUT2D eigenvalue weighted by molar-refractivity contribution is 0.189. The van der Waals surface area contributed by atoms with Crippen LogP contribution in [0.5, 0.6) is 0 Å². The number of hydrogen-bond acceptors (Lipinski definition) is 4. The van der Waals surface area contributed by atoms with E-state index in [4.69, 9.17) is 0 Å². The molecule has 2 N–H and O–H groups in total. The molecule has 3 aromatic heterocycles. The minimum Gasteiger partial charge on any atom is -0.387 e. The van der Waals surface area contributed by atoms with Gasteiger partial charge >= 0.3 is 0 Å². The molecular formula is C13H13N3O2S. The number of fused-ring (bicyclic) bond motifs is 1. The monoisotopic (exact) mass is 275 g/mol. The summed E-state index contributed by atoms with van der Waals surface area (Å²) in [5.74, 6) is 0.592. The molecule has 0 aromatic carbocycles. The topological polar surface area (TPSA) is 70.9 Å². The first-order valence-corrected chi connectivity index (χ1v) is 6.82. The van der Waals surface area contributed by atoms with Crippen molar-refractivity contribution >= 4 is 21.6 Å². The van der Waals surface area contributed by atoms with Crippen LogP contribution in [0, 0.1) is 0 Å². The molecule has 0 aliphatic carbocycles. The molecule has 5 nitrogen and oxygen atoms in total. The Kier molecular flexibility index (Phi) is 2.96. The Morgan fingerprint density at radius 1 is 1.53 bits per heavy atom. The maximum atomic E-state index is 11.9. The van der Waals surface area contributed by atoms with Crippen LogP contribution in [0.15, 0.2) is 34.6 Å². The molecule has 6 heteroatoms. The second-order valence-corrected chi connectivity index (χ2v) is 5.30. The highest BCUT2D eigenvalue weighted by Crippen LogP contribution is 2.16. The highest BCUT2D eigenvalue weighted by Gasteiger charge is 2.09. The number of H-pyrrole nitrogens is 1. The summed E-state index contributed by atoms with van der Waals surface area (Å²) in [6.45, 7) is 2.15. The summed E-state index contributed by atoms with van der Waals surface area (Å²) in [5, 5.41) is 11.5. The molecule has 3 rings (SSSR count). The van der Waals surface area contributed by atoms with Crippen molar-refractivity contribution in [1.82, 2.24) is 14.5 Å². The normalized spacial score (nSPS) is 12.9. The molecular weight excluding hydrogens is 262 g/mol. The van der Waals surface area contributed by atoms with Gasteiger partial charge in [-0.2, -0.15) is 0 Å². The van der Waals surface area contributed by atoms with Gasteiger partial charge in [0, 0.05) is 11.9 Å². The van der Waals surface area contributed by atoms with Gasteiger partial charge in [0.15, 0.2) is 0 Å². The fourth-order valence-electron chi connectivity index (χ4n) is 2.11. The van der Waals surface area contributed by atoms with Crippen molar-refractivity contribution in [3.63, 3.8) is 0 Å². The van der Waals surface area contributed by atoms with Crippen LogP contribution in [0.2, 0.25) is 0 Å². The molecule has 0 saturated heterocycles. The number of aromatic nitrogens is 3. The van der Waals surface area contributed by atoms with Crippen LogP contribution in [0.25, 0.3) is 10.2 Å². The van der Waals surface area contributed by atoms with Crippen LogP contribution in [0.4, 0.5) is 0 Å². The van der Waals surface area contributed by atoms with Crippen molar-refractivity contribution in [2.75, 3.05) is 0 Å². The second kappa shape index (κ2) is 4.64. The summed E-state index contributed by atoms with van der Waals surface area (Å²) >= 11 is 1.39. The molecule has 3 heterocycles. The first-order chi connectivity index (χ1) is 9.15. The Morgan fingerprint density at radius 2 is 2.37 bits per heavy atom. The molecule has 3 aromatic rings. The zero-order chi connectivity index (χ0) is 13.4. The number of hydrogen-bond donors (Lipinski definition) is 2. The molecule has 0 bridgehead atoms. The third kappa shape index (κ3) is 2.20. The average Bonchev–Trinajstić information content (AvgIpc) is 2.97. The quantitative estimate of drug-likeness (QED) is 0.766. The minimum atomic E-state index is -0.549. The third-order valence-electron chi connectivity index (χ3n) is 2.98. The van der Waals surface area contributed by atoms with E-state index in [2.05, 4.69) is 9.97 Å². The second-order valence-electron chi connectivity index (χ2n) is 4.38. The smallest absolute Gasteiger partial charge is 0.268 e. The predicted octanol–water partition coefficient (Wildman–Crippen LogP) is 1.89. The predicted molar refractivity (Wildman–Crippen MR) is 74.4 cm³/mol. The average molecular weight is 275 g/mol. The van der Waals surface area contributed by atoms with Crippen molar-refractivity contribution in [3.8, 4) is 0 Å². The number of aromatic amines is 1. The van der Waals surface area contributed by atoms with Crippen molar-refractivity contribution in [2.24, 2.45) is 0 Å². The Hall–Kier alpha value is -1.92. The van der Waals surface area contributed by atoms with Crippen molar-refractivity contribution < 1.29 is 5.11 Å². The number of nitrogens with one attached hydrogen (secondary N) is 1. The van der Waals surface area contributed by atoms with E-state index in [1.54, 1.807) is 6.92 Å². The SMILES string of the molecule is CC(O)c1cccn1Cc1nc2ccsc2c(=O)[nH]1. The zero-order valence-electron chi connectivity index (χ0n) is 10.3. The van der Waals surface area contributed by atoms with Gasteiger partial charge in [0.1, 0.15) is 10.5 Å². The summed E-state index contributed by atoms with van der Waals surface area (Å²) in [5.41, 5.74) is 1.41. The maximum absolute atomic E-state index is 11.9. The molecule has 0 fully saturated rings. The number of thiophene rings is 1. The molecule has 1 unspecified atom stereocenters. The summed E-state index contributed by atoms with van der Waals surface area (Å²) < 4.78 is 2.52.